The van der Waals surface area contributed by atoms with Gasteiger partial charge in [-0.3, -0.25) is 14.9 Å². The maximum atomic E-state index is 12.7. The quantitative estimate of drug-likeness (QED) is 0.342. The molecule has 0 spiro atoms. The highest BCUT2D eigenvalue weighted by Crippen LogP contribution is 2.23. The third-order valence-electron chi connectivity index (χ3n) is 4.35. The molecule has 0 bridgehead atoms. The van der Waals surface area contributed by atoms with Crippen molar-refractivity contribution in [1.82, 2.24) is 4.57 Å². The fourth-order valence-corrected chi connectivity index (χ4v) is 4.84. The summed E-state index contributed by atoms with van der Waals surface area (Å²) in [4.78, 5) is 27.7. The molecule has 0 saturated carbocycles. The van der Waals surface area contributed by atoms with Crippen LogP contribution in [0.2, 0.25) is 0 Å². The van der Waals surface area contributed by atoms with Gasteiger partial charge in [0.2, 0.25) is 0 Å². The number of carbonyl (C=O) groups is 1. The number of amides is 1. The average molecular weight is 444 g/mol. The normalized spacial score (nSPS) is 12.3. The summed E-state index contributed by atoms with van der Waals surface area (Å²) in [5.74, 6) is 1.82. The number of aromatic nitrogens is 1. The number of carbonyl (C=O) groups excluding carboxylic acids is 1. The number of thiazole rings is 1. The highest BCUT2D eigenvalue weighted by molar-refractivity contribution is 7.92. The zero-order valence-corrected chi connectivity index (χ0v) is 17.7. The van der Waals surface area contributed by atoms with Crippen LogP contribution in [0.4, 0.5) is 5.69 Å². The third-order valence-corrected chi connectivity index (χ3v) is 7.56. The second kappa shape index (κ2) is 8.22. The number of benzene rings is 2. The van der Waals surface area contributed by atoms with Gasteiger partial charge in [0.25, 0.3) is 11.6 Å². The molecule has 30 heavy (non-hydrogen) atoms. The maximum Gasteiger partial charge on any atom is 0.279 e. The third kappa shape index (κ3) is 4.03. The molecule has 154 valence electrons. The molecule has 0 aliphatic carbocycles. The lowest BCUT2D eigenvalue weighted by molar-refractivity contribution is -0.384. The summed E-state index contributed by atoms with van der Waals surface area (Å²) in [6, 6.07) is 10.0. The van der Waals surface area contributed by atoms with Gasteiger partial charge >= 0.3 is 0 Å². The molecule has 1 aromatic heterocycles. The smallest absolute Gasteiger partial charge is 0.279 e. The molecule has 1 heterocycles. The van der Waals surface area contributed by atoms with Crippen molar-refractivity contribution in [3.05, 3.63) is 62.9 Å². The fourth-order valence-electron chi connectivity index (χ4n) is 2.73. The molecule has 1 amide bonds. The van der Waals surface area contributed by atoms with Gasteiger partial charge in [-0.25, -0.2) is 8.42 Å². The Hall–Kier alpha value is -3.29. The molecular weight excluding hydrogens is 426 g/mol. The van der Waals surface area contributed by atoms with Gasteiger partial charge < -0.3 is 4.57 Å². The van der Waals surface area contributed by atoms with Gasteiger partial charge in [0.05, 0.1) is 31.8 Å². The Morgan fingerprint density at radius 2 is 2.03 bits per heavy atom. The Morgan fingerprint density at radius 3 is 2.67 bits per heavy atom. The van der Waals surface area contributed by atoms with Crippen molar-refractivity contribution < 1.29 is 18.1 Å². The topological polar surface area (TPSA) is 112 Å². The lowest BCUT2D eigenvalue weighted by Crippen LogP contribution is -2.17. The Labute approximate surface area is 176 Å². The Balaban J connectivity index is 2.13. The number of terminal acetylenes is 1. The molecule has 2 aromatic carbocycles. The van der Waals surface area contributed by atoms with Gasteiger partial charge in [0.1, 0.15) is 0 Å². The van der Waals surface area contributed by atoms with Crippen LogP contribution < -0.4 is 4.80 Å². The van der Waals surface area contributed by atoms with E-state index in [1.54, 1.807) is 24.5 Å². The van der Waals surface area contributed by atoms with Gasteiger partial charge in [-0.2, -0.15) is 4.99 Å². The first-order chi connectivity index (χ1) is 14.1. The number of non-ortho nitro benzene ring substituents is 1. The minimum Gasteiger partial charge on any atom is -0.304 e. The Bertz CT molecular complexity index is 1380. The highest BCUT2D eigenvalue weighted by atomic mass is 32.2. The van der Waals surface area contributed by atoms with Crippen LogP contribution in [-0.2, 0) is 16.4 Å². The summed E-state index contributed by atoms with van der Waals surface area (Å²) in [6.45, 7) is 3.19. The second-order valence-corrected chi connectivity index (χ2v) is 10.1. The van der Waals surface area contributed by atoms with E-state index in [0.29, 0.717) is 10.2 Å². The molecule has 3 rings (SSSR count). The monoisotopic (exact) mass is 443 g/mol. The molecule has 8 nitrogen and oxygen atoms in total. The molecule has 3 aromatic rings. The summed E-state index contributed by atoms with van der Waals surface area (Å²) >= 11 is 1.16. The van der Waals surface area contributed by atoms with Gasteiger partial charge in [0, 0.05) is 17.7 Å². The van der Waals surface area contributed by atoms with E-state index in [-0.39, 0.29) is 27.5 Å². The standard InChI is InChI=1S/C20H17N3O5S2/c1-4-10-22-17-12-15(23(25)26)8-9-18(17)29-20(22)21-19(24)14-6-5-7-16(11-14)30(27,28)13(2)3/h1,5-9,11-13H,10H2,2-3H3. The largest absolute Gasteiger partial charge is 0.304 e. The van der Waals surface area contributed by atoms with Gasteiger partial charge in [-0.05, 0) is 38.1 Å². The second-order valence-electron chi connectivity index (χ2n) is 6.62. The van der Waals surface area contributed by atoms with E-state index >= 15 is 0 Å². The van der Waals surface area contributed by atoms with Crippen molar-refractivity contribution in [2.24, 2.45) is 4.99 Å². The molecule has 0 saturated heterocycles. The lowest BCUT2D eigenvalue weighted by atomic mass is 10.2. The molecular formula is C20H17N3O5S2. The summed E-state index contributed by atoms with van der Waals surface area (Å²) < 4.78 is 27.0. The van der Waals surface area contributed by atoms with Crippen molar-refractivity contribution >= 4 is 43.0 Å². The van der Waals surface area contributed by atoms with Crippen molar-refractivity contribution in [1.29, 1.82) is 0 Å². The minimum atomic E-state index is -3.54. The van der Waals surface area contributed by atoms with Crippen LogP contribution >= 0.6 is 11.3 Å². The van der Waals surface area contributed by atoms with E-state index in [0.717, 1.165) is 11.3 Å². The van der Waals surface area contributed by atoms with E-state index in [4.69, 9.17) is 6.42 Å². The van der Waals surface area contributed by atoms with E-state index in [1.807, 2.05) is 0 Å². The van der Waals surface area contributed by atoms with Crippen molar-refractivity contribution in [3.8, 4) is 12.3 Å². The van der Waals surface area contributed by atoms with E-state index in [2.05, 4.69) is 10.9 Å². The molecule has 0 N–H and O–H groups in total. The molecule has 0 fully saturated rings. The molecule has 0 aliphatic heterocycles. The number of rotatable bonds is 5. The first kappa shape index (κ1) is 21.4. The Morgan fingerprint density at radius 1 is 1.30 bits per heavy atom. The van der Waals surface area contributed by atoms with Gasteiger partial charge in [-0.1, -0.05) is 23.3 Å². The van der Waals surface area contributed by atoms with Crippen molar-refractivity contribution in [3.63, 3.8) is 0 Å². The number of nitro benzene ring substituents is 1. The average Bonchev–Trinajstić information content (AvgIpc) is 3.04. The maximum absolute atomic E-state index is 12.7. The lowest BCUT2D eigenvalue weighted by Gasteiger charge is -2.08. The van der Waals surface area contributed by atoms with E-state index < -0.39 is 25.9 Å². The fraction of sp³-hybridized carbons (Fsp3) is 0.200. The SMILES string of the molecule is C#CCn1c(=NC(=O)c2cccc(S(=O)(=O)C(C)C)c2)sc2ccc([N+](=O)[O-])cc21. The number of nitro groups is 1. The minimum absolute atomic E-state index is 0.0435. The van der Waals surface area contributed by atoms with Crippen LogP contribution in [0.3, 0.4) is 0 Å². The number of hydrogen-bond donors (Lipinski definition) is 0. The van der Waals surface area contributed by atoms with Crippen LogP contribution in [0.5, 0.6) is 0 Å². The number of hydrogen-bond acceptors (Lipinski definition) is 6. The number of sulfone groups is 1. The molecule has 0 unspecified atom stereocenters. The summed E-state index contributed by atoms with van der Waals surface area (Å²) in [7, 11) is -3.54. The van der Waals surface area contributed by atoms with Crippen LogP contribution in [0, 0.1) is 22.5 Å². The molecule has 10 heteroatoms. The Kier molecular flexibility index (Phi) is 5.87. The van der Waals surface area contributed by atoms with E-state index in [1.165, 1.54) is 36.4 Å². The van der Waals surface area contributed by atoms with Crippen LogP contribution in [-0.4, -0.2) is 29.1 Å². The number of nitrogens with zero attached hydrogens (tertiary/aromatic N) is 3. The van der Waals surface area contributed by atoms with Crippen molar-refractivity contribution in [2.45, 2.75) is 30.5 Å². The highest BCUT2D eigenvalue weighted by Gasteiger charge is 2.20. The summed E-state index contributed by atoms with van der Waals surface area (Å²) in [5.41, 5.74) is 0.512. The summed E-state index contributed by atoms with van der Waals surface area (Å²) in [6.07, 6.45) is 5.42. The zero-order valence-electron chi connectivity index (χ0n) is 16.1. The first-order valence-corrected chi connectivity index (χ1v) is 11.2. The van der Waals surface area contributed by atoms with Crippen molar-refractivity contribution in [2.75, 3.05) is 0 Å². The van der Waals surface area contributed by atoms with Crippen LogP contribution in [0.25, 0.3) is 10.2 Å². The number of fused-ring (bicyclic) bond motifs is 1. The first-order valence-electron chi connectivity index (χ1n) is 8.79. The van der Waals surface area contributed by atoms with Gasteiger partial charge in [0.15, 0.2) is 14.6 Å². The molecule has 0 radical (unpaired) electrons. The van der Waals surface area contributed by atoms with Crippen LogP contribution in [0.1, 0.15) is 24.2 Å². The molecule has 0 atom stereocenters. The summed E-state index contributed by atoms with van der Waals surface area (Å²) in [5, 5.41) is 10.4. The predicted octanol–water partition coefficient (Wildman–Crippen LogP) is 3.17. The van der Waals surface area contributed by atoms with E-state index in [9.17, 15) is 23.3 Å². The zero-order chi connectivity index (χ0) is 22.1. The van der Waals surface area contributed by atoms with Gasteiger partial charge in [-0.15, -0.1) is 6.42 Å². The molecule has 0 aliphatic rings. The predicted molar refractivity (Wildman–Crippen MR) is 114 cm³/mol. The van der Waals surface area contributed by atoms with Crippen LogP contribution in [0.15, 0.2) is 52.4 Å².